The molecule has 0 spiro atoms. The standard InChI is InChI=1S/C10H12FN5O/c1-6(2)15-10(17)16(14-13-15)9-5-7(12)3-4-8(9)11/h3-6H,12H2,1-2H3. The summed E-state index contributed by atoms with van der Waals surface area (Å²) in [5.74, 6) is -0.572. The van der Waals surface area contributed by atoms with Gasteiger partial charge in [-0.15, -0.1) is 0 Å². The minimum absolute atomic E-state index is 0.00176. The second kappa shape index (κ2) is 4.00. The van der Waals surface area contributed by atoms with Crippen molar-refractivity contribution in [3.8, 4) is 5.69 Å². The van der Waals surface area contributed by atoms with E-state index in [9.17, 15) is 9.18 Å². The molecule has 0 aliphatic carbocycles. The van der Waals surface area contributed by atoms with Gasteiger partial charge >= 0.3 is 5.69 Å². The van der Waals surface area contributed by atoms with Gasteiger partial charge in [-0.3, -0.25) is 0 Å². The highest BCUT2D eigenvalue weighted by Crippen LogP contribution is 2.14. The van der Waals surface area contributed by atoms with E-state index >= 15 is 0 Å². The van der Waals surface area contributed by atoms with Crippen LogP contribution in [-0.2, 0) is 0 Å². The van der Waals surface area contributed by atoms with Gasteiger partial charge in [0, 0.05) is 5.69 Å². The van der Waals surface area contributed by atoms with Crippen LogP contribution in [0.15, 0.2) is 23.0 Å². The molecule has 0 saturated carbocycles. The van der Waals surface area contributed by atoms with Gasteiger partial charge in [0.15, 0.2) is 0 Å². The summed E-state index contributed by atoms with van der Waals surface area (Å²) < 4.78 is 15.6. The molecule has 2 rings (SSSR count). The molecule has 0 atom stereocenters. The first-order valence-corrected chi connectivity index (χ1v) is 5.10. The molecule has 0 amide bonds. The Bertz CT molecular complexity index is 601. The number of hydrogen-bond acceptors (Lipinski definition) is 4. The van der Waals surface area contributed by atoms with Gasteiger partial charge in [0.2, 0.25) is 0 Å². The highest BCUT2D eigenvalue weighted by atomic mass is 19.1. The largest absolute Gasteiger partial charge is 0.399 e. The Morgan fingerprint density at radius 2 is 2.06 bits per heavy atom. The molecule has 2 N–H and O–H groups in total. The van der Waals surface area contributed by atoms with Crippen molar-refractivity contribution in [2.75, 3.05) is 5.73 Å². The summed E-state index contributed by atoms with van der Waals surface area (Å²) in [6.45, 7) is 3.58. The van der Waals surface area contributed by atoms with Gasteiger partial charge in [0.25, 0.3) is 0 Å². The number of halogens is 1. The smallest absolute Gasteiger partial charge is 0.368 e. The number of rotatable bonds is 2. The molecule has 1 aromatic heterocycles. The van der Waals surface area contributed by atoms with Crippen LogP contribution in [0.4, 0.5) is 10.1 Å². The average Bonchev–Trinajstić information content (AvgIpc) is 2.64. The van der Waals surface area contributed by atoms with Crippen molar-refractivity contribution in [3.63, 3.8) is 0 Å². The molecule has 0 saturated heterocycles. The van der Waals surface area contributed by atoms with Crippen LogP contribution in [-0.4, -0.2) is 19.8 Å². The van der Waals surface area contributed by atoms with Gasteiger partial charge in [-0.25, -0.2) is 9.18 Å². The minimum atomic E-state index is -0.572. The molecule has 1 heterocycles. The number of nitrogen functional groups attached to an aromatic ring is 1. The average molecular weight is 237 g/mol. The SMILES string of the molecule is CC(C)n1nnn(-c2cc(N)ccc2F)c1=O. The highest BCUT2D eigenvalue weighted by Gasteiger charge is 2.14. The molecule has 6 nitrogen and oxygen atoms in total. The second-order valence-corrected chi connectivity index (χ2v) is 3.92. The van der Waals surface area contributed by atoms with Gasteiger partial charge in [0.05, 0.1) is 6.04 Å². The molecule has 90 valence electrons. The van der Waals surface area contributed by atoms with E-state index in [1.807, 2.05) is 0 Å². The van der Waals surface area contributed by atoms with Crippen molar-refractivity contribution in [3.05, 3.63) is 34.5 Å². The summed E-state index contributed by atoms with van der Waals surface area (Å²) in [4.78, 5) is 11.9. The molecule has 0 radical (unpaired) electrons. The van der Waals surface area contributed by atoms with Gasteiger partial charge in [-0.1, -0.05) is 0 Å². The predicted octanol–water partition coefficient (Wildman–Crippen LogP) is 0.731. The third-order valence-corrected chi connectivity index (χ3v) is 2.29. The summed E-state index contributed by atoms with van der Waals surface area (Å²) >= 11 is 0. The highest BCUT2D eigenvalue weighted by molar-refractivity contribution is 5.47. The van der Waals surface area contributed by atoms with Crippen molar-refractivity contribution in [1.29, 1.82) is 0 Å². The summed E-state index contributed by atoms with van der Waals surface area (Å²) in [6, 6.07) is 3.80. The third kappa shape index (κ3) is 1.91. The van der Waals surface area contributed by atoms with Crippen LogP contribution < -0.4 is 11.4 Å². The lowest BCUT2D eigenvalue weighted by Gasteiger charge is -2.02. The van der Waals surface area contributed by atoms with Crippen molar-refractivity contribution in [1.82, 2.24) is 19.8 Å². The fourth-order valence-electron chi connectivity index (χ4n) is 1.42. The maximum absolute atomic E-state index is 13.6. The number of hydrogen-bond donors (Lipinski definition) is 1. The fourth-order valence-corrected chi connectivity index (χ4v) is 1.42. The quantitative estimate of drug-likeness (QED) is 0.781. The van der Waals surface area contributed by atoms with Crippen molar-refractivity contribution in [2.45, 2.75) is 19.9 Å². The van der Waals surface area contributed by atoms with Gasteiger partial charge in [0.1, 0.15) is 11.5 Å². The maximum atomic E-state index is 13.6. The molecule has 0 bridgehead atoms. The Morgan fingerprint density at radius 3 is 2.65 bits per heavy atom. The zero-order valence-electron chi connectivity index (χ0n) is 9.46. The zero-order valence-corrected chi connectivity index (χ0v) is 9.46. The van der Waals surface area contributed by atoms with Crippen LogP contribution in [0.5, 0.6) is 0 Å². The van der Waals surface area contributed by atoms with E-state index < -0.39 is 11.5 Å². The first kappa shape index (κ1) is 11.3. The van der Waals surface area contributed by atoms with Crippen LogP contribution in [0, 0.1) is 5.82 Å². The van der Waals surface area contributed by atoms with Crippen LogP contribution in [0.1, 0.15) is 19.9 Å². The van der Waals surface area contributed by atoms with Crippen molar-refractivity contribution < 1.29 is 4.39 Å². The van der Waals surface area contributed by atoms with E-state index in [0.29, 0.717) is 5.69 Å². The summed E-state index contributed by atoms with van der Waals surface area (Å²) in [7, 11) is 0. The Morgan fingerprint density at radius 1 is 1.35 bits per heavy atom. The lowest BCUT2D eigenvalue weighted by Crippen LogP contribution is -2.26. The van der Waals surface area contributed by atoms with E-state index in [0.717, 1.165) is 4.68 Å². The monoisotopic (exact) mass is 237 g/mol. The topological polar surface area (TPSA) is 78.7 Å². The van der Waals surface area contributed by atoms with Gasteiger partial charge in [-0.05, 0) is 42.5 Å². The Kier molecular flexibility index (Phi) is 2.66. The number of nitrogens with two attached hydrogens (primary N) is 1. The third-order valence-electron chi connectivity index (χ3n) is 2.29. The number of benzene rings is 1. The molecular weight excluding hydrogens is 225 g/mol. The second-order valence-electron chi connectivity index (χ2n) is 3.92. The van der Waals surface area contributed by atoms with E-state index in [-0.39, 0.29) is 11.7 Å². The van der Waals surface area contributed by atoms with Crippen molar-refractivity contribution in [2.24, 2.45) is 0 Å². The first-order chi connectivity index (χ1) is 8.00. The van der Waals surface area contributed by atoms with Crippen LogP contribution in [0.25, 0.3) is 5.69 Å². The molecule has 17 heavy (non-hydrogen) atoms. The number of aromatic nitrogens is 4. The zero-order chi connectivity index (χ0) is 12.6. The molecule has 0 aliphatic heterocycles. The van der Waals surface area contributed by atoms with E-state index in [1.54, 1.807) is 13.8 Å². The Hall–Kier alpha value is -2.18. The molecule has 7 heteroatoms. The summed E-state index contributed by atoms with van der Waals surface area (Å²) in [5.41, 5.74) is 5.40. The van der Waals surface area contributed by atoms with Crippen LogP contribution >= 0.6 is 0 Å². The predicted molar refractivity (Wildman–Crippen MR) is 60.4 cm³/mol. The minimum Gasteiger partial charge on any atom is -0.399 e. The van der Waals surface area contributed by atoms with Crippen LogP contribution in [0.2, 0.25) is 0 Å². The molecule has 1 aromatic carbocycles. The normalized spacial score (nSPS) is 11.1. The number of anilines is 1. The molecular formula is C10H12FN5O. The van der Waals surface area contributed by atoms with Crippen LogP contribution in [0.3, 0.4) is 0 Å². The van der Waals surface area contributed by atoms with Crippen molar-refractivity contribution >= 4 is 5.69 Å². The lowest BCUT2D eigenvalue weighted by molar-refractivity contribution is 0.500. The molecule has 0 aliphatic rings. The van der Waals surface area contributed by atoms with E-state index in [4.69, 9.17) is 5.73 Å². The summed E-state index contributed by atoms with van der Waals surface area (Å²) in [6.07, 6.45) is 0. The lowest BCUT2D eigenvalue weighted by atomic mass is 10.3. The Labute approximate surface area is 96.4 Å². The first-order valence-electron chi connectivity index (χ1n) is 5.10. The molecule has 2 aromatic rings. The summed E-state index contributed by atoms with van der Waals surface area (Å²) in [5, 5.41) is 7.30. The molecule has 0 fully saturated rings. The maximum Gasteiger partial charge on any atom is 0.368 e. The molecule has 0 unspecified atom stereocenters. The fraction of sp³-hybridized carbons (Fsp3) is 0.300. The number of nitrogens with zero attached hydrogens (tertiary/aromatic N) is 4. The van der Waals surface area contributed by atoms with E-state index in [1.165, 1.54) is 22.9 Å². The Balaban J connectivity index is 2.61. The van der Waals surface area contributed by atoms with E-state index in [2.05, 4.69) is 10.4 Å². The number of tetrazole rings is 1. The van der Waals surface area contributed by atoms with Gasteiger partial charge in [-0.2, -0.15) is 9.36 Å². The van der Waals surface area contributed by atoms with Gasteiger partial charge < -0.3 is 5.73 Å².